The first kappa shape index (κ1) is 17.4. The van der Waals surface area contributed by atoms with Gasteiger partial charge < -0.3 is 20.6 Å². The summed E-state index contributed by atoms with van der Waals surface area (Å²) in [4.78, 5) is 34.8. The van der Waals surface area contributed by atoms with Crippen molar-refractivity contribution in [2.75, 3.05) is 33.2 Å². The Hall–Kier alpha value is -1.63. The molecule has 2 amide bonds. The Labute approximate surface area is 113 Å². The highest BCUT2D eigenvalue weighted by atomic mass is 16.4. The van der Waals surface area contributed by atoms with E-state index in [0.717, 1.165) is 19.4 Å². The maximum Gasteiger partial charge on any atom is 0.322 e. The van der Waals surface area contributed by atoms with Crippen LogP contribution in [0.3, 0.4) is 0 Å². The molecule has 0 aliphatic carbocycles. The van der Waals surface area contributed by atoms with E-state index >= 15 is 0 Å². The Bertz CT molecular complexity index is 307. The maximum absolute atomic E-state index is 11.4. The van der Waals surface area contributed by atoms with Crippen molar-refractivity contribution < 1.29 is 19.5 Å². The van der Waals surface area contributed by atoms with Crippen LogP contribution in [0.15, 0.2) is 0 Å². The van der Waals surface area contributed by atoms with Gasteiger partial charge in [-0.25, -0.2) is 0 Å². The molecule has 0 aliphatic rings. The Morgan fingerprint density at radius 2 is 1.68 bits per heavy atom. The molecule has 0 rings (SSSR count). The fourth-order valence-corrected chi connectivity index (χ4v) is 1.34. The second-order valence-electron chi connectivity index (χ2n) is 4.35. The molecule has 0 spiro atoms. The molecule has 0 fully saturated rings. The normalized spacial score (nSPS) is 10.3. The van der Waals surface area contributed by atoms with Crippen molar-refractivity contribution >= 4 is 17.8 Å². The average Bonchev–Trinajstić information content (AvgIpc) is 2.37. The summed E-state index contributed by atoms with van der Waals surface area (Å²) in [5.41, 5.74) is 0. The number of rotatable bonds is 10. The zero-order valence-electron chi connectivity index (χ0n) is 11.6. The second kappa shape index (κ2) is 10.3. The van der Waals surface area contributed by atoms with Crippen LogP contribution in [0.5, 0.6) is 0 Å². The first-order chi connectivity index (χ1) is 8.95. The standard InChI is InChI=1S/C12H23N3O4/c1-3-4-6-15(2)7-5-10(16)13-8-11(17)14-9-12(18)19/h3-9H2,1-2H3,(H,13,16)(H,14,17)(H,18,19). The minimum Gasteiger partial charge on any atom is -0.480 e. The van der Waals surface area contributed by atoms with Gasteiger partial charge in [-0.05, 0) is 20.0 Å². The van der Waals surface area contributed by atoms with Crippen molar-refractivity contribution in [3.63, 3.8) is 0 Å². The third kappa shape index (κ3) is 11.2. The molecule has 19 heavy (non-hydrogen) atoms. The van der Waals surface area contributed by atoms with Crippen LogP contribution < -0.4 is 10.6 Å². The molecule has 0 aromatic heterocycles. The summed E-state index contributed by atoms with van der Waals surface area (Å²) in [6, 6.07) is 0. The average molecular weight is 273 g/mol. The van der Waals surface area contributed by atoms with Crippen molar-refractivity contribution in [2.45, 2.75) is 26.2 Å². The summed E-state index contributed by atoms with van der Waals surface area (Å²) in [6.45, 7) is 3.07. The summed E-state index contributed by atoms with van der Waals surface area (Å²) in [5, 5.41) is 13.0. The van der Waals surface area contributed by atoms with Gasteiger partial charge in [-0.3, -0.25) is 14.4 Å². The molecule has 0 radical (unpaired) electrons. The molecule has 0 aromatic carbocycles. The molecule has 7 nitrogen and oxygen atoms in total. The number of amides is 2. The Morgan fingerprint density at radius 1 is 1.05 bits per heavy atom. The van der Waals surface area contributed by atoms with Crippen LogP contribution in [0.4, 0.5) is 0 Å². The van der Waals surface area contributed by atoms with Gasteiger partial charge in [0.1, 0.15) is 6.54 Å². The molecule has 7 heteroatoms. The number of nitrogens with zero attached hydrogens (tertiary/aromatic N) is 1. The van der Waals surface area contributed by atoms with Gasteiger partial charge in [-0.2, -0.15) is 0 Å². The van der Waals surface area contributed by atoms with E-state index in [1.807, 2.05) is 7.05 Å². The number of carbonyl (C=O) groups excluding carboxylic acids is 2. The van der Waals surface area contributed by atoms with Crippen LogP contribution >= 0.6 is 0 Å². The fourth-order valence-electron chi connectivity index (χ4n) is 1.34. The van der Waals surface area contributed by atoms with E-state index in [4.69, 9.17) is 5.11 Å². The second-order valence-corrected chi connectivity index (χ2v) is 4.35. The molecule has 0 unspecified atom stereocenters. The highest BCUT2D eigenvalue weighted by Crippen LogP contribution is 1.93. The lowest BCUT2D eigenvalue weighted by Crippen LogP contribution is -2.39. The molecule has 0 bridgehead atoms. The van der Waals surface area contributed by atoms with Gasteiger partial charge in [0.05, 0.1) is 6.54 Å². The van der Waals surface area contributed by atoms with Gasteiger partial charge in [0.25, 0.3) is 0 Å². The summed E-state index contributed by atoms with van der Waals surface area (Å²) in [7, 11) is 1.95. The van der Waals surface area contributed by atoms with E-state index < -0.39 is 18.4 Å². The topological polar surface area (TPSA) is 98.7 Å². The Balaban J connectivity index is 3.63. The molecule has 0 aliphatic heterocycles. The molecular formula is C12H23N3O4. The van der Waals surface area contributed by atoms with Crippen molar-refractivity contribution in [3.8, 4) is 0 Å². The van der Waals surface area contributed by atoms with E-state index in [-0.39, 0.29) is 12.5 Å². The predicted octanol–water partition coefficient (Wildman–Crippen LogP) is -0.575. The number of unbranched alkanes of at least 4 members (excludes halogenated alkanes) is 1. The van der Waals surface area contributed by atoms with Crippen molar-refractivity contribution in [2.24, 2.45) is 0 Å². The van der Waals surface area contributed by atoms with Crippen LogP contribution in [0.2, 0.25) is 0 Å². The predicted molar refractivity (Wildman–Crippen MR) is 70.7 cm³/mol. The number of aliphatic carboxylic acids is 1. The molecule has 3 N–H and O–H groups in total. The smallest absolute Gasteiger partial charge is 0.322 e. The van der Waals surface area contributed by atoms with Gasteiger partial charge in [0, 0.05) is 13.0 Å². The quantitative estimate of drug-likeness (QED) is 0.495. The summed E-state index contributed by atoms with van der Waals surface area (Å²) in [6.07, 6.45) is 2.53. The molecule has 0 saturated heterocycles. The first-order valence-electron chi connectivity index (χ1n) is 6.39. The molecule has 0 aromatic rings. The van der Waals surface area contributed by atoms with E-state index in [0.29, 0.717) is 13.0 Å². The van der Waals surface area contributed by atoms with Crippen LogP contribution in [-0.4, -0.2) is 61.0 Å². The summed E-state index contributed by atoms with van der Waals surface area (Å²) >= 11 is 0. The lowest BCUT2D eigenvalue weighted by atomic mass is 10.3. The third-order valence-electron chi connectivity index (χ3n) is 2.50. The highest BCUT2D eigenvalue weighted by Gasteiger charge is 2.07. The van der Waals surface area contributed by atoms with Gasteiger partial charge in [0.2, 0.25) is 11.8 Å². The Morgan fingerprint density at radius 3 is 2.26 bits per heavy atom. The maximum atomic E-state index is 11.4. The number of carboxylic acid groups (broad SMARTS) is 1. The zero-order chi connectivity index (χ0) is 14.7. The number of carboxylic acids is 1. The van der Waals surface area contributed by atoms with E-state index in [1.54, 1.807) is 0 Å². The molecule has 0 saturated carbocycles. The van der Waals surface area contributed by atoms with Crippen molar-refractivity contribution in [1.29, 1.82) is 0 Å². The molecule has 0 atom stereocenters. The minimum atomic E-state index is -1.11. The van der Waals surface area contributed by atoms with Crippen LogP contribution in [-0.2, 0) is 14.4 Å². The number of hydrogen-bond donors (Lipinski definition) is 3. The number of hydrogen-bond acceptors (Lipinski definition) is 4. The SMILES string of the molecule is CCCCN(C)CCC(=O)NCC(=O)NCC(=O)O. The van der Waals surface area contributed by atoms with E-state index in [1.165, 1.54) is 0 Å². The highest BCUT2D eigenvalue weighted by molar-refractivity contribution is 5.86. The fraction of sp³-hybridized carbons (Fsp3) is 0.750. The molecule has 110 valence electrons. The lowest BCUT2D eigenvalue weighted by Gasteiger charge is -2.15. The van der Waals surface area contributed by atoms with Crippen LogP contribution in [0, 0.1) is 0 Å². The zero-order valence-corrected chi connectivity index (χ0v) is 11.6. The molecule has 0 heterocycles. The first-order valence-corrected chi connectivity index (χ1v) is 6.39. The number of carbonyl (C=O) groups is 3. The molecular weight excluding hydrogens is 250 g/mol. The minimum absolute atomic E-state index is 0.190. The van der Waals surface area contributed by atoms with Gasteiger partial charge in [0.15, 0.2) is 0 Å². The van der Waals surface area contributed by atoms with E-state index in [2.05, 4.69) is 22.5 Å². The lowest BCUT2D eigenvalue weighted by molar-refractivity contribution is -0.137. The largest absolute Gasteiger partial charge is 0.480 e. The summed E-state index contributed by atoms with van der Waals surface area (Å²) in [5.74, 6) is -1.83. The van der Waals surface area contributed by atoms with E-state index in [9.17, 15) is 14.4 Å². The van der Waals surface area contributed by atoms with Crippen LogP contribution in [0.1, 0.15) is 26.2 Å². The monoisotopic (exact) mass is 273 g/mol. The number of nitrogens with one attached hydrogen (secondary N) is 2. The third-order valence-corrected chi connectivity index (χ3v) is 2.50. The van der Waals surface area contributed by atoms with Crippen molar-refractivity contribution in [3.05, 3.63) is 0 Å². The Kier molecular flexibility index (Phi) is 9.42. The van der Waals surface area contributed by atoms with Gasteiger partial charge in [-0.1, -0.05) is 13.3 Å². The van der Waals surface area contributed by atoms with Gasteiger partial charge in [-0.15, -0.1) is 0 Å². The summed E-state index contributed by atoms with van der Waals surface area (Å²) < 4.78 is 0. The van der Waals surface area contributed by atoms with Crippen LogP contribution in [0.25, 0.3) is 0 Å². The van der Waals surface area contributed by atoms with Crippen molar-refractivity contribution in [1.82, 2.24) is 15.5 Å². The van der Waals surface area contributed by atoms with Gasteiger partial charge >= 0.3 is 5.97 Å².